The van der Waals surface area contributed by atoms with E-state index in [0.29, 0.717) is 12.2 Å². The minimum atomic E-state index is -0.286. The third-order valence-corrected chi connectivity index (χ3v) is 4.13. The van der Waals surface area contributed by atoms with Gasteiger partial charge in [-0.1, -0.05) is 55.8 Å². The predicted molar refractivity (Wildman–Crippen MR) is 94.1 cm³/mol. The van der Waals surface area contributed by atoms with Crippen LogP contribution in [0.1, 0.15) is 54.1 Å². The zero-order valence-corrected chi connectivity index (χ0v) is 14.9. The van der Waals surface area contributed by atoms with Crippen molar-refractivity contribution in [2.75, 3.05) is 13.7 Å². The number of aliphatic hydroxyl groups excluding tert-OH is 1. The molecule has 0 spiro atoms. The van der Waals surface area contributed by atoms with Crippen molar-refractivity contribution >= 4 is 17.5 Å². The third-order valence-electron chi connectivity index (χ3n) is 3.86. The molecule has 128 valence electrons. The Labute approximate surface area is 147 Å². The van der Waals surface area contributed by atoms with Gasteiger partial charge in [-0.05, 0) is 12.0 Å². The zero-order chi connectivity index (χ0) is 17.7. The lowest BCUT2D eigenvalue weighted by molar-refractivity contribution is 0.0699. The van der Waals surface area contributed by atoms with Gasteiger partial charge in [0.1, 0.15) is 5.82 Å². The van der Waals surface area contributed by atoms with Gasteiger partial charge < -0.3 is 10.0 Å². The van der Waals surface area contributed by atoms with E-state index in [2.05, 4.69) is 9.97 Å². The molecule has 0 fully saturated rings. The Hall–Kier alpha value is -1.98. The number of carbonyl (C=O) groups excluding carboxylic acids is 1. The number of carbonyl (C=O) groups is 1. The monoisotopic (exact) mass is 347 g/mol. The molecule has 1 aromatic carbocycles. The number of amides is 1. The maximum Gasteiger partial charge on any atom is 0.274 e. The SMILES string of the molecule is CC(C)c1ncc(Cl)c(C(=O)N(C)C(CCO)c2ccccc2)n1. The van der Waals surface area contributed by atoms with Gasteiger partial charge in [0.2, 0.25) is 0 Å². The van der Waals surface area contributed by atoms with Crippen LogP contribution < -0.4 is 0 Å². The van der Waals surface area contributed by atoms with E-state index >= 15 is 0 Å². The van der Waals surface area contributed by atoms with Gasteiger partial charge in [0, 0.05) is 19.6 Å². The van der Waals surface area contributed by atoms with E-state index in [1.807, 2.05) is 44.2 Å². The summed E-state index contributed by atoms with van der Waals surface area (Å²) < 4.78 is 0. The van der Waals surface area contributed by atoms with Crippen LogP contribution in [0.4, 0.5) is 0 Å². The summed E-state index contributed by atoms with van der Waals surface area (Å²) in [6.45, 7) is 3.89. The Morgan fingerprint density at radius 2 is 1.96 bits per heavy atom. The average Bonchev–Trinajstić information content (AvgIpc) is 2.59. The van der Waals surface area contributed by atoms with Crippen molar-refractivity contribution in [2.45, 2.75) is 32.2 Å². The Kier molecular flexibility index (Phi) is 6.29. The molecule has 1 unspecified atom stereocenters. The smallest absolute Gasteiger partial charge is 0.274 e. The number of benzene rings is 1. The van der Waals surface area contributed by atoms with Crippen LogP contribution in [0, 0.1) is 0 Å². The highest BCUT2D eigenvalue weighted by atomic mass is 35.5. The lowest BCUT2D eigenvalue weighted by Crippen LogP contribution is -2.33. The summed E-state index contributed by atoms with van der Waals surface area (Å²) in [5, 5.41) is 9.61. The van der Waals surface area contributed by atoms with Crippen LogP contribution in [0.25, 0.3) is 0 Å². The molecule has 1 heterocycles. The van der Waals surface area contributed by atoms with Gasteiger partial charge in [0.05, 0.1) is 17.3 Å². The second-order valence-electron chi connectivity index (χ2n) is 5.93. The van der Waals surface area contributed by atoms with E-state index in [4.69, 9.17) is 11.6 Å². The summed E-state index contributed by atoms with van der Waals surface area (Å²) in [5.74, 6) is 0.391. The maximum atomic E-state index is 12.9. The van der Waals surface area contributed by atoms with Crippen LogP contribution in [0.5, 0.6) is 0 Å². The van der Waals surface area contributed by atoms with Crippen LogP contribution in [0.15, 0.2) is 36.5 Å². The normalized spacial score (nSPS) is 12.2. The average molecular weight is 348 g/mol. The second kappa shape index (κ2) is 8.22. The summed E-state index contributed by atoms with van der Waals surface area (Å²) in [6, 6.07) is 9.35. The molecule has 24 heavy (non-hydrogen) atoms. The number of aromatic nitrogens is 2. The molecule has 0 bridgehead atoms. The molecule has 0 saturated heterocycles. The van der Waals surface area contributed by atoms with Crippen LogP contribution in [-0.4, -0.2) is 39.5 Å². The first-order valence-corrected chi connectivity index (χ1v) is 8.28. The molecule has 0 aliphatic heterocycles. The zero-order valence-electron chi connectivity index (χ0n) is 14.1. The van der Waals surface area contributed by atoms with E-state index in [0.717, 1.165) is 5.56 Å². The summed E-state index contributed by atoms with van der Waals surface area (Å²) in [7, 11) is 1.70. The minimum Gasteiger partial charge on any atom is -0.396 e. The molecule has 0 aliphatic carbocycles. The van der Waals surface area contributed by atoms with Gasteiger partial charge in [-0.25, -0.2) is 9.97 Å². The number of aliphatic hydroxyl groups is 1. The molecule has 0 saturated carbocycles. The van der Waals surface area contributed by atoms with E-state index < -0.39 is 0 Å². The Bertz CT molecular complexity index is 692. The quantitative estimate of drug-likeness (QED) is 0.869. The summed E-state index contributed by atoms with van der Waals surface area (Å²) in [6.07, 6.45) is 1.90. The highest BCUT2D eigenvalue weighted by molar-refractivity contribution is 6.33. The molecule has 1 aromatic heterocycles. The van der Waals surface area contributed by atoms with Crippen LogP contribution in [-0.2, 0) is 0 Å². The fourth-order valence-corrected chi connectivity index (χ4v) is 2.67. The number of halogens is 1. The second-order valence-corrected chi connectivity index (χ2v) is 6.34. The molecule has 1 N–H and O–H groups in total. The first-order valence-electron chi connectivity index (χ1n) is 7.91. The predicted octanol–water partition coefficient (Wildman–Crippen LogP) is 3.45. The number of nitrogens with zero attached hydrogens (tertiary/aromatic N) is 3. The lowest BCUT2D eigenvalue weighted by Gasteiger charge is -2.28. The molecule has 0 aliphatic rings. The molecule has 0 radical (unpaired) electrons. The molecule has 2 rings (SSSR count). The minimum absolute atomic E-state index is 0.0219. The van der Waals surface area contributed by atoms with Gasteiger partial charge in [-0.15, -0.1) is 0 Å². The van der Waals surface area contributed by atoms with Crippen LogP contribution >= 0.6 is 11.6 Å². The first-order chi connectivity index (χ1) is 11.5. The fourth-order valence-electron chi connectivity index (χ4n) is 2.50. The summed E-state index contributed by atoms with van der Waals surface area (Å²) in [5.41, 5.74) is 1.15. The molecular weight excluding hydrogens is 326 g/mol. The van der Waals surface area contributed by atoms with Crippen LogP contribution in [0.3, 0.4) is 0 Å². The van der Waals surface area contributed by atoms with Crippen molar-refractivity contribution in [3.05, 3.63) is 58.6 Å². The highest BCUT2D eigenvalue weighted by Gasteiger charge is 2.25. The topological polar surface area (TPSA) is 66.3 Å². The molecular formula is C18H22ClN3O2. The van der Waals surface area contributed by atoms with Crippen molar-refractivity contribution in [3.8, 4) is 0 Å². The van der Waals surface area contributed by atoms with E-state index in [1.54, 1.807) is 11.9 Å². The highest BCUT2D eigenvalue weighted by Crippen LogP contribution is 2.26. The molecule has 1 amide bonds. The van der Waals surface area contributed by atoms with Crippen molar-refractivity contribution in [1.29, 1.82) is 0 Å². The lowest BCUT2D eigenvalue weighted by atomic mass is 10.0. The molecule has 1 atom stereocenters. The van der Waals surface area contributed by atoms with Crippen molar-refractivity contribution in [2.24, 2.45) is 0 Å². The van der Waals surface area contributed by atoms with Crippen molar-refractivity contribution in [1.82, 2.24) is 14.9 Å². The number of hydrogen-bond donors (Lipinski definition) is 1. The van der Waals surface area contributed by atoms with E-state index in [-0.39, 0.29) is 35.2 Å². The number of rotatable bonds is 6. The van der Waals surface area contributed by atoms with Gasteiger partial charge in [0.25, 0.3) is 5.91 Å². The summed E-state index contributed by atoms with van der Waals surface area (Å²) in [4.78, 5) is 23.0. The Morgan fingerprint density at radius 3 is 2.54 bits per heavy atom. The van der Waals surface area contributed by atoms with E-state index in [9.17, 15) is 9.90 Å². The fraction of sp³-hybridized carbons (Fsp3) is 0.389. The van der Waals surface area contributed by atoms with Gasteiger partial charge in [0.15, 0.2) is 5.69 Å². The van der Waals surface area contributed by atoms with Gasteiger partial charge >= 0.3 is 0 Å². The maximum absolute atomic E-state index is 12.9. The first kappa shape index (κ1) is 18.4. The standard InChI is InChI=1S/C18H22ClN3O2/c1-12(2)17-20-11-14(19)16(21-17)18(24)22(3)15(9-10-23)13-7-5-4-6-8-13/h4-8,11-12,15,23H,9-10H2,1-3H3. The van der Waals surface area contributed by atoms with Crippen molar-refractivity contribution in [3.63, 3.8) is 0 Å². The molecule has 6 heteroatoms. The Morgan fingerprint density at radius 1 is 1.29 bits per heavy atom. The van der Waals surface area contributed by atoms with Crippen molar-refractivity contribution < 1.29 is 9.90 Å². The number of hydrogen-bond acceptors (Lipinski definition) is 4. The Balaban J connectivity index is 2.35. The largest absolute Gasteiger partial charge is 0.396 e. The molecule has 2 aromatic rings. The van der Waals surface area contributed by atoms with Crippen LogP contribution in [0.2, 0.25) is 5.02 Å². The summed E-state index contributed by atoms with van der Waals surface area (Å²) >= 11 is 6.15. The van der Waals surface area contributed by atoms with E-state index in [1.165, 1.54) is 6.20 Å². The van der Waals surface area contributed by atoms with Gasteiger partial charge in [-0.3, -0.25) is 4.79 Å². The third kappa shape index (κ3) is 4.10. The van der Waals surface area contributed by atoms with Gasteiger partial charge in [-0.2, -0.15) is 0 Å². The molecule has 5 nitrogen and oxygen atoms in total.